The highest BCUT2D eigenvalue weighted by Crippen LogP contribution is 2.08. The van der Waals surface area contributed by atoms with Gasteiger partial charge in [-0.3, -0.25) is 15.0 Å². The van der Waals surface area contributed by atoms with Gasteiger partial charge in [0.05, 0.1) is 25.4 Å². The van der Waals surface area contributed by atoms with Crippen molar-refractivity contribution in [1.29, 1.82) is 0 Å². The number of likely N-dealkylation sites (tertiary alicyclic amines) is 1. The van der Waals surface area contributed by atoms with Crippen molar-refractivity contribution in [3.8, 4) is 0 Å². The van der Waals surface area contributed by atoms with Gasteiger partial charge in [0, 0.05) is 13.1 Å². The van der Waals surface area contributed by atoms with Crippen molar-refractivity contribution >= 4 is 12.0 Å². The molecule has 2 atom stereocenters. The van der Waals surface area contributed by atoms with Gasteiger partial charge in [0.2, 0.25) is 5.91 Å². The van der Waals surface area contributed by atoms with Gasteiger partial charge in [0.1, 0.15) is 0 Å². The van der Waals surface area contributed by atoms with E-state index in [9.17, 15) is 19.8 Å². The van der Waals surface area contributed by atoms with Crippen molar-refractivity contribution in [2.24, 2.45) is 0 Å². The molecule has 0 aromatic rings. The minimum absolute atomic E-state index is 0.0487. The Morgan fingerprint density at radius 3 is 2.44 bits per heavy atom. The van der Waals surface area contributed by atoms with Gasteiger partial charge in [-0.05, 0) is 6.92 Å². The molecule has 1 aliphatic rings. The third-order valence-corrected chi connectivity index (χ3v) is 2.22. The van der Waals surface area contributed by atoms with Crippen LogP contribution < -0.4 is 5.32 Å². The molecule has 1 rings (SSSR count). The fourth-order valence-corrected chi connectivity index (χ4v) is 1.50. The number of rotatable bonds is 3. The van der Waals surface area contributed by atoms with E-state index < -0.39 is 24.2 Å². The SMILES string of the molecule is CCOC(=O)NC(=O)CN1CC(O)C(O)C1. The molecule has 0 spiro atoms. The standard InChI is InChI=1S/C9H16N2O5/c1-2-16-9(15)10-8(14)5-11-3-6(12)7(13)4-11/h6-7,12-13H,2-5H2,1H3,(H,10,14,15). The van der Waals surface area contributed by atoms with Gasteiger partial charge in [0.25, 0.3) is 0 Å². The molecule has 1 fully saturated rings. The molecule has 1 heterocycles. The number of hydrogen-bond acceptors (Lipinski definition) is 6. The second-order valence-electron chi connectivity index (χ2n) is 3.60. The normalized spacial score (nSPS) is 25.4. The Labute approximate surface area is 93.0 Å². The summed E-state index contributed by atoms with van der Waals surface area (Å²) < 4.78 is 4.53. The number of carbonyl (C=O) groups excluding carboxylic acids is 2. The number of nitrogens with zero attached hydrogens (tertiary/aromatic N) is 1. The summed E-state index contributed by atoms with van der Waals surface area (Å²) in [5, 5.41) is 20.5. The minimum atomic E-state index is -0.838. The maximum Gasteiger partial charge on any atom is 0.413 e. The zero-order valence-corrected chi connectivity index (χ0v) is 9.05. The van der Waals surface area contributed by atoms with E-state index in [4.69, 9.17) is 0 Å². The molecule has 0 aliphatic carbocycles. The van der Waals surface area contributed by atoms with Crippen molar-refractivity contribution < 1.29 is 24.5 Å². The summed E-state index contributed by atoms with van der Waals surface area (Å²) in [5.74, 6) is -0.514. The summed E-state index contributed by atoms with van der Waals surface area (Å²) >= 11 is 0. The first-order valence-corrected chi connectivity index (χ1v) is 5.08. The average molecular weight is 232 g/mol. The summed E-state index contributed by atoms with van der Waals surface area (Å²) in [6.07, 6.45) is -2.46. The predicted molar refractivity (Wildman–Crippen MR) is 53.6 cm³/mol. The summed E-state index contributed by atoms with van der Waals surface area (Å²) in [4.78, 5) is 23.7. The lowest BCUT2D eigenvalue weighted by molar-refractivity contribution is -0.121. The third-order valence-electron chi connectivity index (χ3n) is 2.22. The number of nitrogens with one attached hydrogen (secondary N) is 1. The van der Waals surface area contributed by atoms with Crippen LogP contribution in [0, 0.1) is 0 Å². The Morgan fingerprint density at radius 1 is 1.38 bits per heavy atom. The van der Waals surface area contributed by atoms with Gasteiger partial charge >= 0.3 is 6.09 Å². The summed E-state index contributed by atoms with van der Waals surface area (Å²) in [6, 6.07) is 0. The van der Waals surface area contributed by atoms with E-state index in [-0.39, 0.29) is 26.2 Å². The number of aliphatic hydroxyl groups is 2. The monoisotopic (exact) mass is 232 g/mol. The Bertz CT molecular complexity index is 261. The lowest BCUT2D eigenvalue weighted by atomic mass is 10.3. The van der Waals surface area contributed by atoms with Crippen LogP contribution in [0.25, 0.3) is 0 Å². The minimum Gasteiger partial charge on any atom is -0.450 e. The van der Waals surface area contributed by atoms with Crippen LogP contribution in [-0.2, 0) is 9.53 Å². The van der Waals surface area contributed by atoms with E-state index >= 15 is 0 Å². The van der Waals surface area contributed by atoms with Crippen LogP contribution in [0.3, 0.4) is 0 Å². The first-order chi connectivity index (χ1) is 7.52. The number of carbonyl (C=O) groups is 2. The summed E-state index contributed by atoms with van der Waals surface area (Å²) in [7, 11) is 0. The summed E-state index contributed by atoms with van der Waals surface area (Å²) in [6.45, 7) is 2.22. The van der Waals surface area contributed by atoms with Crippen LogP contribution in [0.1, 0.15) is 6.92 Å². The molecular weight excluding hydrogens is 216 g/mol. The first-order valence-electron chi connectivity index (χ1n) is 5.08. The molecule has 0 aromatic carbocycles. The van der Waals surface area contributed by atoms with Gasteiger partial charge in [-0.1, -0.05) is 0 Å². The highest BCUT2D eigenvalue weighted by atomic mass is 16.5. The van der Waals surface area contributed by atoms with Gasteiger partial charge < -0.3 is 14.9 Å². The number of hydrogen-bond donors (Lipinski definition) is 3. The number of ether oxygens (including phenoxy) is 1. The van der Waals surface area contributed by atoms with Crippen molar-refractivity contribution in [1.82, 2.24) is 10.2 Å². The molecule has 16 heavy (non-hydrogen) atoms. The maximum atomic E-state index is 11.3. The second kappa shape index (κ2) is 5.78. The Morgan fingerprint density at radius 2 is 1.94 bits per heavy atom. The maximum absolute atomic E-state index is 11.3. The molecule has 2 amide bonds. The second-order valence-corrected chi connectivity index (χ2v) is 3.60. The van der Waals surface area contributed by atoms with E-state index in [0.29, 0.717) is 0 Å². The fourth-order valence-electron chi connectivity index (χ4n) is 1.50. The zero-order chi connectivity index (χ0) is 12.1. The van der Waals surface area contributed by atoms with Crippen LogP contribution in [-0.4, -0.2) is 65.6 Å². The highest BCUT2D eigenvalue weighted by Gasteiger charge is 2.30. The van der Waals surface area contributed by atoms with Gasteiger partial charge in [0.15, 0.2) is 0 Å². The molecule has 0 bridgehead atoms. The van der Waals surface area contributed by atoms with E-state index in [0.717, 1.165) is 0 Å². The number of β-amino-alcohol motifs (C(OH)–C–C–N with tert-alkyl or cyclic N) is 2. The lowest BCUT2D eigenvalue weighted by Crippen LogP contribution is -2.39. The number of alkyl carbamates (subject to hydrolysis) is 1. The molecule has 2 unspecified atom stereocenters. The largest absolute Gasteiger partial charge is 0.450 e. The van der Waals surface area contributed by atoms with Gasteiger partial charge in [-0.2, -0.15) is 0 Å². The van der Waals surface area contributed by atoms with Crippen LogP contribution in [0.2, 0.25) is 0 Å². The van der Waals surface area contributed by atoms with E-state index in [2.05, 4.69) is 4.74 Å². The number of aliphatic hydroxyl groups excluding tert-OH is 2. The molecule has 92 valence electrons. The Hall–Kier alpha value is -1.18. The third kappa shape index (κ3) is 3.76. The van der Waals surface area contributed by atoms with Crippen molar-refractivity contribution in [3.63, 3.8) is 0 Å². The number of amides is 2. The molecule has 3 N–H and O–H groups in total. The van der Waals surface area contributed by atoms with E-state index in [1.807, 2.05) is 5.32 Å². The van der Waals surface area contributed by atoms with Crippen LogP contribution in [0.5, 0.6) is 0 Å². The van der Waals surface area contributed by atoms with Crippen LogP contribution in [0.4, 0.5) is 4.79 Å². The van der Waals surface area contributed by atoms with Crippen LogP contribution >= 0.6 is 0 Å². The fraction of sp³-hybridized carbons (Fsp3) is 0.778. The highest BCUT2D eigenvalue weighted by molar-refractivity contribution is 5.92. The smallest absolute Gasteiger partial charge is 0.413 e. The summed E-state index contributed by atoms with van der Waals surface area (Å²) in [5.41, 5.74) is 0. The topological polar surface area (TPSA) is 99.1 Å². The molecule has 0 aromatic heterocycles. The number of imide groups is 1. The Kier molecular flexibility index (Phi) is 4.66. The van der Waals surface area contributed by atoms with Crippen molar-refractivity contribution in [2.45, 2.75) is 19.1 Å². The molecule has 7 nitrogen and oxygen atoms in total. The van der Waals surface area contributed by atoms with Gasteiger partial charge in [-0.25, -0.2) is 4.79 Å². The lowest BCUT2D eigenvalue weighted by Gasteiger charge is -2.13. The first kappa shape index (κ1) is 12.9. The molecule has 1 aliphatic heterocycles. The zero-order valence-electron chi connectivity index (χ0n) is 9.05. The van der Waals surface area contributed by atoms with E-state index in [1.54, 1.807) is 11.8 Å². The average Bonchev–Trinajstić information content (AvgIpc) is 2.45. The van der Waals surface area contributed by atoms with E-state index in [1.165, 1.54) is 0 Å². The van der Waals surface area contributed by atoms with Crippen molar-refractivity contribution in [2.75, 3.05) is 26.2 Å². The van der Waals surface area contributed by atoms with Crippen LogP contribution in [0.15, 0.2) is 0 Å². The molecule has 0 radical (unpaired) electrons. The van der Waals surface area contributed by atoms with Crippen molar-refractivity contribution in [3.05, 3.63) is 0 Å². The van der Waals surface area contributed by atoms with Gasteiger partial charge in [-0.15, -0.1) is 0 Å². The molecule has 7 heteroatoms. The predicted octanol–water partition coefficient (Wildman–Crippen LogP) is -1.70. The molecule has 0 saturated carbocycles. The molecular formula is C9H16N2O5. The molecule has 1 saturated heterocycles. The Balaban J connectivity index is 2.27. The quantitative estimate of drug-likeness (QED) is 0.536.